The van der Waals surface area contributed by atoms with Crippen molar-refractivity contribution in [2.45, 2.75) is 50.4 Å². The maximum atomic E-state index is 14.0. The topological polar surface area (TPSA) is 127 Å². The van der Waals surface area contributed by atoms with Gasteiger partial charge in [-0.05, 0) is 25.7 Å². The fourth-order valence-corrected chi connectivity index (χ4v) is 5.83. The molecule has 2 aliphatic heterocycles. The second kappa shape index (κ2) is 6.87. The number of aliphatic hydroxyl groups is 1. The minimum Gasteiger partial charge on any atom is -0.386 e. The summed E-state index contributed by atoms with van der Waals surface area (Å²) in [6.07, 6.45) is -5.14. The maximum absolute atomic E-state index is 14.0. The highest BCUT2D eigenvalue weighted by Crippen LogP contribution is 2.61. The van der Waals surface area contributed by atoms with Crippen LogP contribution in [-0.4, -0.2) is 61.6 Å². The first kappa shape index (κ1) is 20.0. The zero-order valence-electron chi connectivity index (χ0n) is 14.8. The predicted octanol–water partition coefficient (Wildman–Crippen LogP) is 1.37. The summed E-state index contributed by atoms with van der Waals surface area (Å²) in [5, 5.41) is 10.8. The lowest BCUT2D eigenvalue weighted by Gasteiger charge is -2.41. The van der Waals surface area contributed by atoms with E-state index in [1.165, 1.54) is 17.2 Å². The number of fused-ring (bicyclic) bond motifs is 2. The summed E-state index contributed by atoms with van der Waals surface area (Å²) in [7, 11) is 0. The number of halogens is 2. The number of imidazole rings is 1. The second-order valence-electron chi connectivity index (χ2n) is 6.74. The average Bonchev–Trinajstić information content (AvgIpc) is 3.15. The molecule has 0 bridgehead atoms. The van der Waals surface area contributed by atoms with Gasteiger partial charge in [0.25, 0.3) is 6.43 Å². The molecule has 2 saturated heterocycles. The van der Waals surface area contributed by atoms with Crippen molar-refractivity contribution in [3.63, 3.8) is 0 Å². The first-order valence-electron chi connectivity index (χ1n) is 8.35. The predicted molar refractivity (Wildman–Crippen MR) is 95.9 cm³/mol. The van der Waals surface area contributed by atoms with Gasteiger partial charge in [-0.25, -0.2) is 23.7 Å². The third-order valence-corrected chi connectivity index (χ3v) is 6.93. The van der Waals surface area contributed by atoms with Crippen LogP contribution in [0.15, 0.2) is 12.7 Å². The van der Waals surface area contributed by atoms with Crippen LogP contribution in [0.4, 0.5) is 14.6 Å². The van der Waals surface area contributed by atoms with Gasteiger partial charge in [0.2, 0.25) is 0 Å². The molecule has 5 unspecified atom stereocenters. The molecule has 2 aromatic heterocycles. The van der Waals surface area contributed by atoms with Gasteiger partial charge in [-0.15, -0.1) is 0 Å². The van der Waals surface area contributed by atoms with E-state index in [1.54, 1.807) is 13.8 Å². The van der Waals surface area contributed by atoms with Crippen LogP contribution in [-0.2, 0) is 30.1 Å². The van der Waals surface area contributed by atoms with Crippen molar-refractivity contribution in [3.8, 4) is 0 Å². The van der Waals surface area contributed by atoms with Crippen molar-refractivity contribution >= 4 is 35.5 Å². The van der Waals surface area contributed by atoms with E-state index >= 15 is 0 Å². The minimum atomic E-state index is -3.33. The van der Waals surface area contributed by atoms with Gasteiger partial charge in [0.05, 0.1) is 19.0 Å². The van der Waals surface area contributed by atoms with Crippen molar-refractivity contribution in [2.75, 3.05) is 12.3 Å². The number of ether oxygens (including phenoxy) is 1. The van der Waals surface area contributed by atoms with Crippen LogP contribution in [0.1, 0.15) is 20.1 Å². The molecule has 0 spiro atoms. The Hall–Kier alpha value is -1.34. The smallest absolute Gasteiger partial charge is 0.328 e. The van der Waals surface area contributed by atoms with Gasteiger partial charge in [0, 0.05) is 0 Å². The number of nitrogen functional groups attached to an aromatic ring is 1. The molecule has 0 amide bonds. The summed E-state index contributed by atoms with van der Waals surface area (Å²) in [5.74, 6) is 0.109. The van der Waals surface area contributed by atoms with E-state index in [0.29, 0.717) is 0 Å². The maximum Gasteiger partial charge on any atom is 0.328 e. The molecule has 0 saturated carbocycles. The molecule has 28 heavy (non-hydrogen) atoms. The quantitative estimate of drug-likeness (QED) is 0.677. The Morgan fingerprint density at radius 2 is 2.18 bits per heavy atom. The molecule has 0 radical (unpaired) electrons. The average molecular weight is 437 g/mol. The van der Waals surface area contributed by atoms with Gasteiger partial charge in [-0.1, -0.05) is 0 Å². The van der Waals surface area contributed by atoms with Gasteiger partial charge >= 0.3 is 6.72 Å². The third kappa shape index (κ3) is 3.02. The van der Waals surface area contributed by atoms with Crippen LogP contribution in [0.25, 0.3) is 11.2 Å². The third-order valence-electron chi connectivity index (χ3n) is 4.49. The highest BCUT2D eigenvalue weighted by atomic mass is 32.5. The number of nitrogens with zero attached hydrogens (tertiary/aromatic N) is 4. The zero-order chi connectivity index (χ0) is 20.3. The van der Waals surface area contributed by atoms with Crippen molar-refractivity contribution < 1.29 is 32.2 Å². The molecule has 4 rings (SSSR count). The highest BCUT2D eigenvalue weighted by molar-refractivity contribution is 8.07. The monoisotopic (exact) mass is 437 g/mol. The standard InChI is InChI=1S/C14H18F2N5O5PS/c1-6(2)25-27(28)23-3-14(13(15)16)9(26-27)8(22)12(24-14)21-5-20-7-10(17)18-4-19-11(7)21/h4-6,8-9,12-13,22H,3H2,1-2H3,(H2,17,18,19). The molecule has 2 fully saturated rings. The molecule has 2 aromatic rings. The van der Waals surface area contributed by atoms with E-state index in [4.69, 9.17) is 35.8 Å². The summed E-state index contributed by atoms with van der Waals surface area (Å²) in [5.41, 5.74) is 4.01. The molecular weight excluding hydrogens is 419 g/mol. The SMILES string of the molecule is CC(C)OP1(=S)OCC2(C(F)F)OC(n3cnc4c(N)ncnc43)C(O)C2O1. The second-order valence-corrected chi connectivity index (χ2v) is 9.65. The van der Waals surface area contributed by atoms with Crippen LogP contribution >= 0.6 is 6.72 Å². The number of hydrogen-bond acceptors (Lipinski definition) is 10. The molecule has 3 N–H and O–H groups in total. The van der Waals surface area contributed by atoms with Gasteiger partial charge in [-0.3, -0.25) is 9.09 Å². The normalized spacial score (nSPS) is 35.8. The van der Waals surface area contributed by atoms with E-state index in [9.17, 15) is 13.9 Å². The number of hydrogen-bond donors (Lipinski definition) is 2. The number of nitrogens with two attached hydrogens (primary N) is 1. The highest BCUT2D eigenvalue weighted by Gasteiger charge is 2.66. The van der Waals surface area contributed by atoms with E-state index in [-0.39, 0.29) is 23.1 Å². The Bertz CT molecular complexity index is 948. The van der Waals surface area contributed by atoms with Crippen LogP contribution in [0.2, 0.25) is 0 Å². The van der Waals surface area contributed by atoms with E-state index in [0.717, 1.165) is 0 Å². The summed E-state index contributed by atoms with van der Waals surface area (Å²) >= 11 is 5.25. The van der Waals surface area contributed by atoms with Crippen LogP contribution in [0.5, 0.6) is 0 Å². The number of anilines is 1. The van der Waals surface area contributed by atoms with Crippen molar-refractivity contribution in [2.24, 2.45) is 0 Å². The van der Waals surface area contributed by atoms with Gasteiger partial charge < -0.3 is 24.6 Å². The Labute approximate surface area is 163 Å². The Morgan fingerprint density at radius 3 is 2.86 bits per heavy atom. The Balaban J connectivity index is 1.73. The summed E-state index contributed by atoms with van der Waals surface area (Å²) in [6.45, 7) is -0.495. The van der Waals surface area contributed by atoms with Crippen molar-refractivity contribution in [3.05, 3.63) is 12.7 Å². The number of aromatic nitrogens is 4. The van der Waals surface area contributed by atoms with Crippen LogP contribution < -0.4 is 5.73 Å². The number of rotatable bonds is 4. The number of alkyl halides is 2. The van der Waals surface area contributed by atoms with Crippen molar-refractivity contribution in [1.82, 2.24) is 19.5 Å². The molecule has 5 atom stereocenters. The van der Waals surface area contributed by atoms with Crippen molar-refractivity contribution in [1.29, 1.82) is 0 Å². The van der Waals surface area contributed by atoms with Gasteiger partial charge in [0.15, 0.2) is 23.3 Å². The van der Waals surface area contributed by atoms with E-state index in [1.807, 2.05) is 0 Å². The molecule has 154 valence electrons. The fraction of sp³-hybridized carbons (Fsp3) is 0.643. The molecule has 4 heterocycles. The molecule has 14 heteroatoms. The number of aliphatic hydroxyl groups excluding tert-OH is 1. The first-order chi connectivity index (χ1) is 13.2. The minimum absolute atomic E-state index is 0.109. The van der Waals surface area contributed by atoms with E-state index < -0.39 is 43.8 Å². The fourth-order valence-electron chi connectivity index (χ4n) is 3.25. The lowest BCUT2D eigenvalue weighted by Crippen LogP contribution is -2.56. The zero-order valence-corrected chi connectivity index (χ0v) is 16.5. The lowest BCUT2D eigenvalue weighted by molar-refractivity contribution is -0.204. The van der Waals surface area contributed by atoms with Gasteiger partial charge in [0.1, 0.15) is 24.1 Å². The van der Waals surface area contributed by atoms with Gasteiger partial charge in [-0.2, -0.15) is 0 Å². The molecular formula is C14H18F2N5O5PS. The largest absolute Gasteiger partial charge is 0.386 e. The van der Waals surface area contributed by atoms with Crippen LogP contribution in [0, 0.1) is 0 Å². The van der Waals surface area contributed by atoms with Crippen LogP contribution in [0.3, 0.4) is 0 Å². The lowest BCUT2D eigenvalue weighted by atomic mass is 9.96. The summed E-state index contributed by atoms with van der Waals surface area (Å²) in [4.78, 5) is 12.0. The van der Waals surface area contributed by atoms with E-state index in [2.05, 4.69) is 15.0 Å². The molecule has 10 nitrogen and oxygen atoms in total. The summed E-state index contributed by atoms with van der Waals surface area (Å²) < 4.78 is 51.4. The Morgan fingerprint density at radius 1 is 1.43 bits per heavy atom. The first-order valence-corrected chi connectivity index (χ1v) is 10.9. The molecule has 0 aromatic carbocycles. The Kier molecular flexibility index (Phi) is 4.90. The summed E-state index contributed by atoms with van der Waals surface area (Å²) in [6, 6.07) is 0. The molecule has 0 aliphatic carbocycles. The molecule has 2 aliphatic rings.